The number of thiol groups is 1. The molecule has 1 fully saturated rings. The number of piperazine rings is 1. The van der Waals surface area contributed by atoms with Crippen LogP contribution in [-0.2, 0) is 23.5 Å². The Bertz CT molecular complexity index is 1240. The van der Waals surface area contributed by atoms with Crippen LogP contribution in [0.5, 0.6) is 5.75 Å². The van der Waals surface area contributed by atoms with Gasteiger partial charge in [0.15, 0.2) is 0 Å². The van der Waals surface area contributed by atoms with Crippen LogP contribution in [-0.4, -0.2) is 60.6 Å². The Morgan fingerprint density at radius 1 is 1.12 bits per heavy atom. The summed E-state index contributed by atoms with van der Waals surface area (Å²) in [4.78, 5) is 28.2. The van der Waals surface area contributed by atoms with Gasteiger partial charge in [-0.1, -0.05) is 30.8 Å². The van der Waals surface area contributed by atoms with Crippen LogP contribution in [0.15, 0.2) is 49.1 Å². The molecule has 3 heterocycles. The maximum atomic E-state index is 12.0. The van der Waals surface area contributed by atoms with Crippen LogP contribution in [0.2, 0.25) is 0 Å². The van der Waals surface area contributed by atoms with E-state index in [1.807, 2.05) is 4.90 Å². The molecule has 1 amide bonds. The summed E-state index contributed by atoms with van der Waals surface area (Å²) in [6.07, 6.45) is 2.24. The lowest BCUT2D eigenvalue weighted by molar-refractivity contribution is -0.126. The number of amides is 1. The second-order valence-corrected chi connectivity index (χ2v) is 8.92. The van der Waals surface area contributed by atoms with Gasteiger partial charge in [-0.25, -0.2) is 9.97 Å². The number of hydrogen-bond acceptors (Lipinski definition) is 7. The first-order valence-electron chi connectivity index (χ1n) is 11.6. The predicted molar refractivity (Wildman–Crippen MR) is 139 cm³/mol. The van der Waals surface area contributed by atoms with Crippen LogP contribution in [0.4, 0.5) is 11.5 Å². The molecule has 2 aromatic carbocycles. The molecule has 0 spiro atoms. The zero-order valence-electron chi connectivity index (χ0n) is 19.4. The first-order chi connectivity index (χ1) is 16.6. The summed E-state index contributed by atoms with van der Waals surface area (Å²) in [7, 11) is 1.71. The van der Waals surface area contributed by atoms with Crippen LogP contribution >= 0.6 is 12.6 Å². The third-order valence-corrected chi connectivity index (χ3v) is 6.97. The molecule has 5 rings (SSSR count). The van der Waals surface area contributed by atoms with E-state index in [0.29, 0.717) is 25.4 Å². The molecule has 0 atom stereocenters. The van der Waals surface area contributed by atoms with Gasteiger partial charge in [0.25, 0.3) is 0 Å². The van der Waals surface area contributed by atoms with Crippen LogP contribution in [0.25, 0.3) is 10.8 Å². The van der Waals surface area contributed by atoms with Gasteiger partial charge in [0.05, 0.1) is 25.1 Å². The van der Waals surface area contributed by atoms with E-state index in [-0.39, 0.29) is 5.91 Å². The quantitative estimate of drug-likeness (QED) is 0.451. The maximum absolute atomic E-state index is 12.0. The summed E-state index contributed by atoms with van der Waals surface area (Å²) in [5.74, 6) is 3.05. The fourth-order valence-electron chi connectivity index (χ4n) is 4.91. The average Bonchev–Trinajstić information content (AvgIpc) is 2.91. The molecule has 0 radical (unpaired) electrons. The SMILES string of the molecule is C=CC(=O)N1CCN(c2nc(CS)nc3c2CCN(c2cc(OC)cc4ccccc24)C3)CC1. The van der Waals surface area contributed by atoms with Crippen molar-refractivity contribution in [3.63, 3.8) is 0 Å². The summed E-state index contributed by atoms with van der Waals surface area (Å²) < 4.78 is 5.59. The fourth-order valence-corrected chi connectivity index (χ4v) is 5.05. The van der Waals surface area contributed by atoms with Gasteiger partial charge in [-0.15, -0.1) is 0 Å². The molecule has 0 N–H and O–H groups in total. The molecule has 0 unspecified atom stereocenters. The first-order valence-corrected chi connectivity index (χ1v) is 12.2. The van der Waals surface area contributed by atoms with Gasteiger partial charge < -0.3 is 19.4 Å². The van der Waals surface area contributed by atoms with E-state index in [2.05, 4.69) is 65.4 Å². The summed E-state index contributed by atoms with van der Waals surface area (Å²) in [6, 6.07) is 12.6. The van der Waals surface area contributed by atoms with Gasteiger partial charge in [0.1, 0.15) is 17.4 Å². The molecule has 34 heavy (non-hydrogen) atoms. The van der Waals surface area contributed by atoms with Gasteiger partial charge >= 0.3 is 0 Å². The Balaban J connectivity index is 1.47. The fraction of sp³-hybridized carbons (Fsp3) is 0.346. The molecular formula is C26H29N5O2S. The first kappa shape index (κ1) is 22.5. The molecule has 1 saturated heterocycles. The predicted octanol–water partition coefficient (Wildman–Crippen LogP) is 3.47. The lowest BCUT2D eigenvalue weighted by Gasteiger charge is -2.38. The van der Waals surface area contributed by atoms with Crippen molar-refractivity contribution in [2.75, 3.05) is 49.6 Å². The van der Waals surface area contributed by atoms with E-state index in [4.69, 9.17) is 14.7 Å². The van der Waals surface area contributed by atoms with Gasteiger partial charge in [0, 0.05) is 55.4 Å². The Hall–Kier alpha value is -3.26. The van der Waals surface area contributed by atoms with E-state index in [0.717, 1.165) is 60.2 Å². The lowest BCUT2D eigenvalue weighted by Crippen LogP contribution is -2.49. The number of carbonyl (C=O) groups excluding carboxylic acids is 1. The Kier molecular flexibility index (Phi) is 6.32. The molecule has 1 aromatic heterocycles. The number of methoxy groups -OCH3 is 1. The second-order valence-electron chi connectivity index (χ2n) is 8.60. The average molecular weight is 476 g/mol. The summed E-state index contributed by atoms with van der Waals surface area (Å²) in [5.41, 5.74) is 3.42. The third kappa shape index (κ3) is 4.18. The van der Waals surface area contributed by atoms with Crippen molar-refractivity contribution in [3.8, 4) is 5.75 Å². The van der Waals surface area contributed by atoms with Crippen molar-refractivity contribution in [2.45, 2.75) is 18.7 Å². The molecule has 0 saturated carbocycles. The monoisotopic (exact) mass is 475 g/mol. The second kappa shape index (κ2) is 9.54. The standard InChI is InChI=1S/C26H29N5O2S/c1-3-25(32)29-10-12-30(13-11-29)26-21-8-9-31(16-22(21)27-24(17-34)28-26)23-15-19(33-2)14-18-6-4-5-7-20(18)23/h3-7,14-15,34H,1,8-13,16-17H2,2H3. The summed E-state index contributed by atoms with van der Waals surface area (Å²) in [5, 5.41) is 2.37. The number of benzene rings is 2. The molecule has 0 bridgehead atoms. The summed E-state index contributed by atoms with van der Waals surface area (Å²) in [6.45, 7) is 8.02. The van der Waals surface area contributed by atoms with Crippen molar-refractivity contribution >= 4 is 40.8 Å². The van der Waals surface area contributed by atoms with Gasteiger partial charge in [-0.2, -0.15) is 12.6 Å². The van der Waals surface area contributed by atoms with Crippen molar-refractivity contribution in [2.24, 2.45) is 0 Å². The summed E-state index contributed by atoms with van der Waals surface area (Å²) >= 11 is 4.47. The number of nitrogens with zero attached hydrogens (tertiary/aromatic N) is 5. The van der Waals surface area contributed by atoms with E-state index in [1.165, 1.54) is 17.0 Å². The number of hydrogen-bond donors (Lipinski definition) is 1. The lowest BCUT2D eigenvalue weighted by atomic mass is 10.0. The van der Waals surface area contributed by atoms with E-state index >= 15 is 0 Å². The topological polar surface area (TPSA) is 61.8 Å². The van der Waals surface area contributed by atoms with E-state index in [1.54, 1.807) is 7.11 Å². The van der Waals surface area contributed by atoms with Gasteiger partial charge in [-0.05, 0) is 23.9 Å². The van der Waals surface area contributed by atoms with Crippen molar-refractivity contribution in [1.29, 1.82) is 0 Å². The van der Waals surface area contributed by atoms with Crippen molar-refractivity contribution in [1.82, 2.24) is 14.9 Å². The highest BCUT2D eigenvalue weighted by Gasteiger charge is 2.28. The number of ether oxygens (including phenoxy) is 1. The molecule has 2 aliphatic rings. The van der Waals surface area contributed by atoms with Crippen LogP contribution in [0, 0.1) is 0 Å². The Labute approximate surface area is 205 Å². The molecular weight excluding hydrogens is 446 g/mol. The normalized spacial score (nSPS) is 15.9. The molecule has 7 nitrogen and oxygen atoms in total. The minimum atomic E-state index is -0.0124. The molecule has 176 valence electrons. The highest BCUT2D eigenvalue weighted by atomic mass is 32.1. The largest absolute Gasteiger partial charge is 0.497 e. The van der Waals surface area contributed by atoms with Crippen LogP contribution in [0.1, 0.15) is 17.1 Å². The van der Waals surface area contributed by atoms with Crippen molar-refractivity contribution < 1.29 is 9.53 Å². The molecule has 0 aliphatic carbocycles. The Morgan fingerprint density at radius 2 is 1.91 bits per heavy atom. The van der Waals surface area contributed by atoms with Crippen molar-refractivity contribution in [3.05, 3.63) is 66.1 Å². The maximum Gasteiger partial charge on any atom is 0.246 e. The molecule has 8 heteroatoms. The zero-order chi connectivity index (χ0) is 23.7. The van der Waals surface area contributed by atoms with E-state index in [9.17, 15) is 4.79 Å². The number of anilines is 2. The minimum absolute atomic E-state index is 0.0124. The smallest absolute Gasteiger partial charge is 0.246 e. The number of rotatable bonds is 5. The number of carbonyl (C=O) groups is 1. The highest BCUT2D eigenvalue weighted by molar-refractivity contribution is 7.79. The van der Waals surface area contributed by atoms with Gasteiger partial charge in [-0.3, -0.25) is 4.79 Å². The molecule has 3 aromatic rings. The minimum Gasteiger partial charge on any atom is -0.497 e. The number of aromatic nitrogens is 2. The molecule has 2 aliphatic heterocycles. The Morgan fingerprint density at radius 3 is 2.65 bits per heavy atom. The van der Waals surface area contributed by atoms with Crippen LogP contribution < -0.4 is 14.5 Å². The van der Waals surface area contributed by atoms with Gasteiger partial charge in [0.2, 0.25) is 5.91 Å². The zero-order valence-corrected chi connectivity index (χ0v) is 20.3. The van der Waals surface area contributed by atoms with Crippen LogP contribution in [0.3, 0.4) is 0 Å². The third-order valence-electron chi connectivity index (χ3n) is 6.69. The van der Waals surface area contributed by atoms with E-state index < -0.39 is 0 Å². The highest BCUT2D eigenvalue weighted by Crippen LogP contribution is 2.36. The number of fused-ring (bicyclic) bond motifs is 2.